The molecular weight excluding hydrogens is 245 g/mol. The van der Waals surface area contributed by atoms with Crippen LogP contribution in [0, 0.1) is 5.82 Å². The van der Waals surface area contributed by atoms with Crippen LogP contribution in [0.1, 0.15) is 19.9 Å². The minimum absolute atomic E-state index is 0.224. The molecule has 0 unspecified atom stereocenters. The van der Waals surface area contributed by atoms with E-state index in [1.54, 1.807) is 18.5 Å². The van der Waals surface area contributed by atoms with Gasteiger partial charge in [0.2, 0.25) is 0 Å². The number of rotatable bonds is 2. The average molecular weight is 257 g/mol. The fourth-order valence-corrected chi connectivity index (χ4v) is 1.86. The van der Waals surface area contributed by atoms with Crippen LogP contribution in [0.5, 0.6) is 0 Å². The van der Waals surface area contributed by atoms with E-state index < -0.39 is 0 Å². The van der Waals surface area contributed by atoms with Gasteiger partial charge in [0, 0.05) is 6.04 Å². The second kappa shape index (κ2) is 4.38. The van der Waals surface area contributed by atoms with E-state index in [1.807, 2.05) is 18.5 Å². The molecule has 3 aromatic heterocycles. The maximum absolute atomic E-state index is 12.8. The van der Waals surface area contributed by atoms with Crippen molar-refractivity contribution in [3.8, 4) is 11.4 Å². The number of hydrogen-bond acceptors (Lipinski definition) is 4. The van der Waals surface area contributed by atoms with Gasteiger partial charge in [0.05, 0.1) is 24.3 Å². The molecule has 0 bridgehead atoms. The molecule has 3 rings (SSSR count). The molecule has 19 heavy (non-hydrogen) atoms. The zero-order valence-corrected chi connectivity index (χ0v) is 10.6. The number of hydrogen-bond donors (Lipinski definition) is 0. The molecule has 3 heterocycles. The standard InChI is InChI=1S/C13H12FN5/c1-8(2)19-13-12(7-17-19)18-11(6-16-13)10-4-3-9(14)5-15-10/h3-8H,1-2H3. The normalized spacial score (nSPS) is 11.4. The van der Waals surface area contributed by atoms with Crippen molar-refractivity contribution in [1.29, 1.82) is 0 Å². The van der Waals surface area contributed by atoms with Gasteiger partial charge in [0.1, 0.15) is 17.0 Å². The number of halogens is 1. The summed E-state index contributed by atoms with van der Waals surface area (Å²) in [5.74, 6) is -0.370. The van der Waals surface area contributed by atoms with E-state index in [9.17, 15) is 4.39 Å². The Labute approximate surface area is 109 Å². The average Bonchev–Trinajstić information content (AvgIpc) is 2.82. The first-order valence-corrected chi connectivity index (χ1v) is 5.97. The molecule has 0 aliphatic carbocycles. The Morgan fingerprint density at radius 2 is 1.89 bits per heavy atom. The highest BCUT2D eigenvalue weighted by Crippen LogP contribution is 2.18. The molecule has 0 fully saturated rings. The predicted molar refractivity (Wildman–Crippen MR) is 68.9 cm³/mol. The van der Waals surface area contributed by atoms with E-state index in [2.05, 4.69) is 20.1 Å². The number of nitrogens with zero attached hydrogens (tertiary/aromatic N) is 5. The van der Waals surface area contributed by atoms with Crippen LogP contribution in [0.15, 0.2) is 30.7 Å². The Hall–Kier alpha value is -2.37. The molecule has 0 atom stereocenters. The summed E-state index contributed by atoms with van der Waals surface area (Å²) in [5, 5.41) is 4.25. The third kappa shape index (κ3) is 2.05. The lowest BCUT2D eigenvalue weighted by molar-refractivity contribution is 0.546. The molecule has 96 valence electrons. The highest BCUT2D eigenvalue weighted by molar-refractivity contribution is 5.72. The summed E-state index contributed by atoms with van der Waals surface area (Å²) in [7, 11) is 0. The third-order valence-electron chi connectivity index (χ3n) is 2.78. The number of pyridine rings is 1. The van der Waals surface area contributed by atoms with Crippen molar-refractivity contribution in [2.24, 2.45) is 0 Å². The second-order valence-corrected chi connectivity index (χ2v) is 4.51. The van der Waals surface area contributed by atoms with Crippen molar-refractivity contribution in [3.63, 3.8) is 0 Å². The quantitative estimate of drug-likeness (QED) is 0.708. The Kier molecular flexibility index (Phi) is 2.70. The van der Waals surface area contributed by atoms with Crippen molar-refractivity contribution in [2.75, 3.05) is 0 Å². The summed E-state index contributed by atoms with van der Waals surface area (Å²) in [6.07, 6.45) is 4.47. The Bertz CT molecular complexity index is 717. The maximum Gasteiger partial charge on any atom is 0.177 e. The lowest BCUT2D eigenvalue weighted by Gasteiger charge is -2.05. The Morgan fingerprint density at radius 3 is 2.58 bits per heavy atom. The van der Waals surface area contributed by atoms with Gasteiger partial charge in [-0.15, -0.1) is 0 Å². The van der Waals surface area contributed by atoms with Crippen LogP contribution in [0.25, 0.3) is 22.6 Å². The van der Waals surface area contributed by atoms with Crippen LogP contribution in [-0.4, -0.2) is 24.7 Å². The molecular formula is C13H12FN5. The Morgan fingerprint density at radius 1 is 1.05 bits per heavy atom. The SMILES string of the molecule is CC(C)n1ncc2nc(-c3ccc(F)cn3)cnc21. The third-order valence-corrected chi connectivity index (χ3v) is 2.78. The highest BCUT2D eigenvalue weighted by Gasteiger charge is 2.10. The summed E-state index contributed by atoms with van der Waals surface area (Å²) < 4.78 is 14.6. The molecule has 6 heteroatoms. The first-order valence-electron chi connectivity index (χ1n) is 5.97. The molecule has 0 aromatic carbocycles. The zero-order valence-electron chi connectivity index (χ0n) is 10.6. The fourth-order valence-electron chi connectivity index (χ4n) is 1.86. The lowest BCUT2D eigenvalue weighted by atomic mass is 10.3. The molecule has 0 radical (unpaired) electrons. The van der Waals surface area contributed by atoms with Crippen LogP contribution >= 0.6 is 0 Å². The van der Waals surface area contributed by atoms with Crippen LogP contribution in [0.3, 0.4) is 0 Å². The summed E-state index contributed by atoms with van der Waals surface area (Å²) in [6, 6.07) is 3.16. The largest absolute Gasteiger partial charge is 0.252 e. The zero-order chi connectivity index (χ0) is 13.4. The monoisotopic (exact) mass is 257 g/mol. The summed E-state index contributed by atoms with van der Waals surface area (Å²) in [6.45, 7) is 4.06. The van der Waals surface area contributed by atoms with E-state index in [1.165, 1.54) is 12.3 Å². The Balaban J connectivity index is 2.09. The highest BCUT2D eigenvalue weighted by atomic mass is 19.1. The molecule has 0 amide bonds. The number of fused-ring (bicyclic) bond motifs is 1. The molecule has 0 saturated carbocycles. The van der Waals surface area contributed by atoms with Crippen molar-refractivity contribution in [2.45, 2.75) is 19.9 Å². The topological polar surface area (TPSA) is 56.5 Å². The van der Waals surface area contributed by atoms with Gasteiger partial charge in [0.15, 0.2) is 5.65 Å². The van der Waals surface area contributed by atoms with E-state index in [0.29, 0.717) is 16.9 Å². The maximum atomic E-state index is 12.8. The van der Waals surface area contributed by atoms with Gasteiger partial charge in [-0.2, -0.15) is 5.10 Å². The fraction of sp³-hybridized carbons (Fsp3) is 0.231. The van der Waals surface area contributed by atoms with Gasteiger partial charge >= 0.3 is 0 Å². The van der Waals surface area contributed by atoms with E-state index in [4.69, 9.17) is 0 Å². The molecule has 0 N–H and O–H groups in total. The van der Waals surface area contributed by atoms with Crippen molar-refractivity contribution < 1.29 is 4.39 Å². The summed E-state index contributed by atoms with van der Waals surface area (Å²) in [5.41, 5.74) is 2.64. The molecule has 0 aliphatic heterocycles. The second-order valence-electron chi connectivity index (χ2n) is 4.51. The smallest absolute Gasteiger partial charge is 0.177 e. The lowest BCUT2D eigenvalue weighted by Crippen LogP contribution is -2.03. The minimum Gasteiger partial charge on any atom is -0.252 e. The van der Waals surface area contributed by atoms with Crippen molar-refractivity contribution >= 4 is 11.2 Å². The van der Waals surface area contributed by atoms with E-state index in [0.717, 1.165) is 5.65 Å². The predicted octanol–water partition coefficient (Wildman–Crippen LogP) is 2.61. The van der Waals surface area contributed by atoms with Crippen LogP contribution in [0.4, 0.5) is 4.39 Å². The van der Waals surface area contributed by atoms with E-state index >= 15 is 0 Å². The van der Waals surface area contributed by atoms with Gasteiger partial charge in [-0.05, 0) is 26.0 Å². The molecule has 3 aromatic rings. The van der Waals surface area contributed by atoms with Crippen molar-refractivity contribution in [1.82, 2.24) is 24.7 Å². The molecule has 5 nitrogen and oxygen atoms in total. The van der Waals surface area contributed by atoms with Gasteiger partial charge in [-0.3, -0.25) is 4.98 Å². The van der Waals surface area contributed by atoms with Crippen molar-refractivity contribution in [3.05, 3.63) is 36.5 Å². The van der Waals surface area contributed by atoms with Crippen LogP contribution in [0.2, 0.25) is 0 Å². The first kappa shape index (κ1) is 11.7. The van der Waals surface area contributed by atoms with Gasteiger partial charge in [-0.25, -0.2) is 19.0 Å². The van der Waals surface area contributed by atoms with Crippen LogP contribution in [-0.2, 0) is 0 Å². The molecule has 0 saturated heterocycles. The summed E-state index contributed by atoms with van der Waals surface area (Å²) >= 11 is 0. The number of aromatic nitrogens is 5. The van der Waals surface area contributed by atoms with Gasteiger partial charge in [0.25, 0.3) is 0 Å². The van der Waals surface area contributed by atoms with Crippen LogP contribution < -0.4 is 0 Å². The van der Waals surface area contributed by atoms with E-state index in [-0.39, 0.29) is 11.9 Å². The minimum atomic E-state index is -0.370. The van der Waals surface area contributed by atoms with Gasteiger partial charge < -0.3 is 0 Å². The molecule has 0 spiro atoms. The summed E-state index contributed by atoms with van der Waals surface area (Å²) in [4.78, 5) is 12.8. The molecule has 0 aliphatic rings. The first-order chi connectivity index (χ1) is 9.15. The van der Waals surface area contributed by atoms with Gasteiger partial charge in [-0.1, -0.05) is 0 Å².